The number of nitrogens with one attached hydrogen (secondary N) is 1. The fourth-order valence-electron chi connectivity index (χ4n) is 2.63. The Morgan fingerprint density at radius 2 is 2.15 bits per heavy atom. The van der Waals surface area contributed by atoms with Crippen LogP contribution in [0.25, 0.3) is 0 Å². The first kappa shape index (κ1) is 14.8. The van der Waals surface area contributed by atoms with Gasteiger partial charge in [-0.15, -0.1) is 0 Å². The lowest BCUT2D eigenvalue weighted by Crippen LogP contribution is -2.46. The van der Waals surface area contributed by atoms with Crippen LogP contribution in [0.1, 0.15) is 37.1 Å². The summed E-state index contributed by atoms with van der Waals surface area (Å²) < 4.78 is 7.28. The number of aliphatic hydroxyl groups is 1. The largest absolute Gasteiger partial charge is 0.480 e. The van der Waals surface area contributed by atoms with Crippen molar-refractivity contribution in [1.29, 1.82) is 0 Å². The number of ether oxygens (including phenoxy) is 1. The van der Waals surface area contributed by atoms with Gasteiger partial charge in [-0.25, -0.2) is 0 Å². The summed E-state index contributed by atoms with van der Waals surface area (Å²) in [5.74, 6) is 0.463. The minimum atomic E-state index is -0.436. The molecule has 6 nitrogen and oxygen atoms in total. The first-order valence-electron chi connectivity index (χ1n) is 7.09. The number of carbonyl (C=O) groups is 1. The third-order valence-electron chi connectivity index (χ3n) is 3.87. The molecule has 20 heavy (non-hydrogen) atoms. The van der Waals surface area contributed by atoms with Crippen LogP contribution in [0.3, 0.4) is 0 Å². The van der Waals surface area contributed by atoms with Crippen molar-refractivity contribution in [2.24, 2.45) is 7.05 Å². The molecule has 1 aromatic heterocycles. The molecule has 0 saturated heterocycles. The van der Waals surface area contributed by atoms with E-state index in [2.05, 4.69) is 10.4 Å². The molecule has 112 valence electrons. The van der Waals surface area contributed by atoms with Crippen molar-refractivity contribution >= 4 is 5.91 Å². The zero-order valence-corrected chi connectivity index (χ0v) is 12.3. The van der Waals surface area contributed by atoms with E-state index in [-0.39, 0.29) is 18.6 Å². The van der Waals surface area contributed by atoms with Gasteiger partial charge in [0.15, 0.2) is 12.4 Å². The van der Waals surface area contributed by atoms with Crippen molar-refractivity contribution in [2.75, 3.05) is 6.61 Å². The molecule has 1 amide bonds. The first-order valence-corrected chi connectivity index (χ1v) is 7.09. The Labute approximate surface area is 119 Å². The van der Waals surface area contributed by atoms with Crippen LogP contribution in [0.2, 0.25) is 0 Å². The van der Waals surface area contributed by atoms with E-state index in [1.54, 1.807) is 4.68 Å². The second kappa shape index (κ2) is 6.26. The van der Waals surface area contributed by atoms with Crippen LogP contribution >= 0.6 is 0 Å². The Morgan fingerprint density at radius 1 is 1.45 bits per heavy atom. The Balaban J connectivity index is 1.86. The average molecular weight is 281 g/mol. The molecule has 1 saturated carbocycles. The lowest BCUT2D eigenvalue weighted by Gasteiger charge is -2.28. The standard InChI is InChI=1S/C14H23N3O3/c1-9-14(10(2)17(3)16-9)20-8-13(19)15-11-6-4-5-7-12(11)18/h11-12,18H,4-8H2,1-3H3,(H,15,19)/t11-,12+/m1/s1. The summed E-state index contributed by atoms with van der Waals surface area (Å²) in [6.07, 6.45) is 3.22. The van der Waals surface area contributed by atoms with Gasteiger partial charge in [-0.1, -0.05) is 12.8 Å². The van der Waals surface area contributed by atoms with Crippen molar-refractivity contribution in [3.8, 4) is 5.75 Å². The van der Waals surface area contributed by atoms with E-state index in [0.29, 0.717) is 5.75 Å². The van der Waals surface area contributed by atoms with Gasteiger partial charge in [-0.05, 0) is 26.7 Å². The summed E-state index contributed by atoms with van der Waals surface area (Å²) in [5.41, 5.74) is 1.67. The van der Waals surface area contributed by atoms with Gasteiger partial charge in [0.05, 0.1) is 17.8 Å². The summed E-state index contributed by atoms with van der Waals surface area (Å²) in [4.78, 5) is 11.9. The molecular formula is C14H23N3O3. The van der Waals surface area contributed by atoms with Gasteiger partial charge in [-0.3, -0.25) is 9.48 Å². The lowest BCUT2D eigenvalue weighted by atomic mass is 9.92. The summed E-state index contributed by atoms with van der Waals surface area (Å²) in [6.45, 7) is 3.71. The van der Waals surface area contributed by atoms with Gasteiger partial charge in [0, 0.05) is 7.05 Å². The highest BCUT2D eigenvalue weighted by atomic mass is 16.5. The second-order valence-corrected chi connectivity index (χ2v) is 5.44. The fraction of sp³-hybridized carbons (Fsp3) is 0.714. The van der Waals surface area contributed by atoms with Gasteiger partial charge in [0.1, 0.15) is 5.69 Å². The van der Waals surface area contributed by atoms with E-state index in [1.165, 1.54) is 0 Å². The van der Waals surface area contributed by atoms with E-state index in [1.807, 2.05) is 20.9 Å². The van der Waals surface area contributed by atoms with Crippen LogP contribution in [0.15, 0.2) is 0 Å². The predicted octanol–water partition coefficient (Wildman–Crippen LogP) is 0.835. The van der Waals surface area contributed by atoms with Crippen LogP contribution in [-0.2, 0) is 11.8 Å². The molecule has 2 rings (SSSR count). The van der Waals surface area contributed by atoms with Crippen molar-refractivity contribution in [3.63, 3.8) is 0 Å². The Kier molecular flexibility index (Phi) is 4.65. The van der Waals surface area contributed by atoms with Crippen molar-refractivity contribution in [2.45, 2.75) is 51.7 Å². The topological polar surface area (TPSA) is 76.4 Å². The molecule has 1 aliphatic carbocycles. The quantitative estimate of drug-likeness (QED) is 0.857. The summed E-state index contributed by atoms with van der Waals surface area (Å²) in [6, 6.07) is -0.143. The molecule has 2 N–H and O–H groups in total. The van der Waals surface area contributed by atoms with Crippen molar-refractivity contribution < 1.29 is 14.6 Å². The number of hydrogen-bond acceptors (Lipinski definition) is 4. The van der Waals surface area contributed by atoms with Gasteiger partial charge in [0.25, 0.3) is 5.91 Å². The number of rotatable bonds is 4. The fourth-order valence-corrected chi connectivity index (χ4v) is 2.63. The van der Waals surface area contributed by atoms with E-state index in [4.69, 9.17) is 4.74 Å². The number of aryl methyl sites for hydroxylation is 2. The van der Waals surface area contributed by atoms with Crippen LogP contribution in [0.5, 0.6) is 5.75 Å². The zero-order chi connectivity index (χ0) is 14.7. The molecule has 0 unspecified atom stereocenters. The monoisotopic (exact) mass is 281 g/mol. The molecule has 2 atom stereocenters. The summed E-state index contributed by atoms with van der Waals surface area (Å²) in [7, 11) is 1.84. The van der Waals surface area contributed by atoms with E-state index >= 15 is 0 Å². The lowest BCUT2D eigenvalue weighted by molar-refractivity contribution is -0.125. The molecule has 0 radical (unpaired) electrons. The molecule has 0 aromatic carbocycles. The number of aliphatic hydroxyl groups excluding tert-OH is 1. The molecule has 0 aliphatic heterocycles. The Bertz CT molecular complexity index is 484. The summed E-state index contributed by atoms with van der Waals surface area (Å²) >= 11 is 0. The van der Waals surface area contributed by atoms with Gasteiger partial charge < -0.3 is 15.2 Å². The highest BCUT2D eigenvalue weighted by molar-refractivity contribution is 5.78. The third-order valence-corrected chi connectivity index (χ3v) is 3.87. The molecule has 1 aliphatic rings. The van der Waals surface area contributed by atoms with Crippen molar-refractivity contribution in [1.82, 2.24) is 15.1 Å². The molecule has 1 aromatic rings. The number of hydrogen-bond donors (Lipinski definition) is 2. The average Bonchev–Trinajstić information content (AvgIpc) is 2.64. The number of aromatic nitrogens is 2. The maximum atomic E-state index is 11.9. The minimum absolute atomic E-state index is 0.0450. The smallest absolute Gasteiger partial charge is 0.258 e. The molecule has 1 heterocycles. The number of nitrogens with zero attached hydrogens (tertiary/aromatic N) is 2. The van der Waals surface area contributed by atoms with Crippen LogP contribution in [0, 0.1) is 13.8 Å². The third kappa shape index (κ3) is 3.30. The van der Waals surface area contributed by atoms with Crippen LogP contribution in [-0.4, -0.2) is 39.5 Å². The van der Waals surface area contributed by atoms with Crippen molar-refractivity contribution in [3.05, 3.63) is 11.4 Å². The maximum Gasteiger partial charge on any atom is 0.258 e. The second-order valence-electron chi connectivity index (χ2n) is 5.44. The maximum absolute atomic E-state index is 11.9. The minimum Gasteiger partial charge on any atom is -0.480 e. The van der Waals surface area contributed by atoms with E-state index in [0.717, 1.165) is 37.1 Å². The highest BCUT2D eigenvalue weighted by Gasteiger charge is 2.24. The van der Waals surface area contributed by atoms with Gasteiger partial charge >= 0.3 is 0 Å². The highest BCUT2D eigenvalue weighted by Crippen LogP contribution is 2.21. The molecule has 0 bridgehead atoms. The van der Waals surface area contributed by atoms with Crippen LogP contribution in [0.4, 0.5) is 0 Å². The van der Waals surface area contributed by atoms with E-state index < -0.39 is 6.10 Å². The van der Waals surface area contributed by atoms with E-state index in [9.17, 15) is 9.90 Å². The predicted molar refractivity (Wildman–Crippen MR) is 74.6 cm³/mol. The number of carbonyl (C=O) groups excluding carboxylic acids is 1. The first-order chi connectivity index (χ1) is 9.49. The Morgan fingerprint density at radius 3 is 2.75 bits per heavy atom. The zero-order valence-electron chi connectivity index (χ0n) is 12.3. The molecule has 0 spiro atoms. The summed E-state index contributed by atoms with van der Waals surface area (Å²) in [5, 5.41) is 16.9. The normalized spacial score (nSPS) is 22.6. The van der Waals surface area contributed by atoms with Gasteiger partial charge in [0.2, 0.25) is 0 Å². The molecular weight excluding hydrogens is 258 g/mol. The van der Waals surface area contributed by atoms with Crippen LogP contribution < -0.4 is 10.1 Å². The van der Waals surface area contributed by atoms with Gasteiger partial charge in [-0.2, -0.15) is 5.10 Å². The molecule has 6 heteroatoms. The number of amides is 1. The molecule has 1 fully saturated rings. The Hall–Kier alpha value is -1.56. The SMILES string of the molecule is Cc1nn(C)c(C)c1OCC(=O)N[C@@H]1CCCC[C@@H]1O.